The fourth-order valence-electron chi connectivity index (χ4n) is 3.01. The van der Waals surface area contributed by atoms with Crippen LogP contribution in [0, 0.1) is 0 Å². The van der Waals surface area contributed by atoms with Crippen LogP contribution >= 0.6 is 11.6 Å². The second-order valence-corrected chi connectivity index (χ2v) is 6.94. The maximum atomic E-state index is 12.8. The van der Waals surface area contributed by atoms with Gasteiger partial charge >= 0.3 is 0 Å². The lowest BCUT2D eigenvalue weighted by molar-refractivity contribution is -0.921. The maximum Gasteiger partial charge on any atom is 0.294 e. The zero-order valence-electron chi connectivity index (χ0n) is 15.8. The van der Waals surface area contributed by atoms with Crippen molar-refractivity contribution in [3.05, 3.63) is 46.2 Å². The fraction of sp³-hybridized carbons (Fsp3) is 0.294. The Balaban J connectivity index is 1.58. The Kier molecular flexibility index (Phi) is 5.97. The predicted octanol–water partition coefficient (Wildman–Crippen LogP) is -0.935. The molecule has 0 unspecified atom stereocenters. The molecule has 0 spiro atoms. The molecule has 1 aliphatic heterocycles. The van der Waals surface area contributed by atoms with Gasteiger partial charge in [-0.3, -0.25) is 4.79 Å². The number of morpholine rings is 1. The molecule has 1 aromatic carbocycles. The molecule has 0 bridgehead atoms. The van der Waals surface area contributed by atoms with Crippen molar-refractivity contribution >= 4 is 29.5 Å². The minimum Gasteiger partial charge on any atom is -0.378 e. The number of anilines is 1. The summed E-state index contributed by atoms with van der Waals surface area (Å²) in [6, 6.07) is 7.14. The van der Waals surface area contributed by atoms with Crippen LogP contribution in [0.5, 0.6) is 0 Å². The van der Waals surface area contributed by atoms with E-state index in [2.05, 4.69) is 35.8 Å². The molecule has 12 nitrogen and oxygen atoms in total. The molecule has 30 heavy (non-hydrogen) atoms. The molecule has 1 aliphatic rings. The molecule has 1 fully saturated rings. The highest BCUT2D eigenvalue weighted by Crippen LogP contribution is 2.15. The lowest BCUT2D eigenvalue weighted by Crippen LogP contribution is -3.12. The quantitative estimate of drug-likeness (QED) is 0.333. The number of hydrogen-bond acceptors (Lipinski definition) is 9. The molecule has 1 saturated heterocycles. The van der Waals surface area contributed by atoms with E-state index in [1.807, 2.05) is 6.07 Å². The number of hydrogen-bond donors (Lipinski definition) is 3. The number of nitrogens with zero attached hydrogens (tertiary/aromatic N) is 6. The Morgan fingerprint density at radius 3 is 2.87 bits per heavy atom. The zero-order chi connectivity index (χ0) is 20.9. The second-order valence-electron chi connectivity index (χ2n) is 6.53. The molecule has 156 valence electrons. The molecule has 4 rings (SSSR count). The van der Waals surface area contributed by atoms with Gasteiger partial charge in [-0.1, -0.05) is 35.0 Å². The summed E-state index contributed by atoms with van der Waals surface area (Å²) in [7, 11) is 0. The van der Waals surface area contributed by atoms with Crippen molar-refractivity contribution in [2.45, 2.75) is 6.54 Å². The Labute approximate surface area is 175 Å². The van der Waals surface area contributed by atoms with Gasteiger partial charge in [-0.25, -0.2) is 10.1 Å². The van der Waals surface area contributed by atoms with Crippen molar-refractivity contribution in [2.75, 3.05) is 32.0 Å². The number of carbonyl (C=O) groups is 1. The summed E-state index contributed by atoms with van der Waals surface area (Å²) >= 11 is 6.09. The summed E-state index contributed by atoms with van der Waals surface area (Å²) in [5.74, 6) is -0.312. The number of carbonyl (C=O) groups excluding carboxylic acids is 1. The largest absolute Gasteiger partial charge is 0.378 e. The van der Waals surface area contributed by atoms with Crippen molar-refractivity contribution in [1.82, 2.24) is 30.7 Å². The zero-order valence-corrected chi connectivity index (χ0v) is 16.5. The molecule has 0 aliphatic carbocycles. The predicted molar refractivity (Wildman–Crippen MR) is 105 cm³/mol. The van der Waals surface area contributed by atoms with Crippen molar-refractivity contribution in [3.8, 4) is 5.82 Å². The number of benzene rings is 1. The highest BCUT2D eigenvalue weighted by atomic mass is 35.5. The third kappa shape index (κ3) is 4.30. The molecule has 13 heteroatoms. The molecular weight excluding hydrogens is 414 g/mol. The first-order chi connectivity index (χ1) is 14.6. The summed E-state index contributed by atoms with van der Waals surface area (Å²) in [4.78, 5) is 14.0. The minimum atomic E-state index is -0.526. The second kappa shape index (κ2) is 8.98. The van der Waals surface area contributed by atoms with Crippen LogP contribution in [-0.4, -0.2) is 63.7 Å². The number of halogens is 1. The van der Waals surface area contributed by atoms with Gasteiger partial charge in [0.25, 0.3) is 5.91 Å². The van der Waals surface area contributed by atoms with Crippen LogP contribution in [0.2, 0.25) is 5.02 Å². The number of amides is 1. The average Bonchev–Trinajstić information content (AvgIpc) is 3.36. The van der Waals surface area contributed by atoms with Gasteiger partial charge in [0.2, 0.25) is 11.6 Å². The summed E-state index contributed by atoms with van der Waals surface area (Å²) in [5.41, 5.74) is 9.54. The van der Waals surface area contributed by atoms with Crippen LogP contribution in [0.25, 0.3) is 5.82 Å². The van der Waals surface area contributed by atoms with E-state index in [0.717, 1.165) is 13.1 Å². The van der Waals surface area contributed by atoms with E-state index < -0.39 is 5.91 Å². The van der Waals surface area contributed by atoms with Crippen LogP contribution in [0.4, 0.5) is 5.82 Å². The fourth-order valence-corrected chi connectivity index (χ4v) is 3.20. The van der Waals surface area contributed by atoms with Gasteiger partial charge in [0.05, 0.1) is 19.4 Å². The van der Waals surface area contributed by atoms with Crippen molar-refractivity contribution in [1.29, 1.82) is 0 Å². The number of rotatable bonds is 6. The lowest BCUT2D eigenvalue weighted by Gasteiger charge is -2.23. The molecule has 3 heterocycles. The molecule has 0 atom stereocenters. The van der Waals surface area contributed by atoms with E-state index in [4.69, 9.17) is 22.1 Å². The highest BCUT2D eigenvalue weighted by Gasteiger charge is 2.28. The van der Waals surface area contributed by atoms with Gasteiger partial charge in [-0.05, 0) is 16.4 Å². The minimum absolute atomic E-state index is 0.0434. The molecular formula is C17H19ClN9O3+. The summed E-state index contributed by atoms with van der Waals surface area (Å²) < 4.78 is 11.4. The van der Waals surface area contributed by atoms with Gasteiger partial charge in [-0.15, -0.1) is 5.10 Å². The van der Waals surface area contributed by atoms with E-state index in [-0.39, 0.29) is 17.3 Å². The SMILES string of the molecule is Nc1nonc1-n1nnc(C(=O)N/N=C\c2ccccc2Cl)c1C[NH+]1CCOCC1. The number of nitrogens with two attached hydrogens (primary N) is 1. The summed E-state index contributed by atoms with van der Waals surface area (Å²) in [5, 5.41) is 19.9. The first-order valence-corrected chi connectivity index (χ1v) is 9.53. The number of hydrazone groups is 1. The monoisotopic (exact) mass is 432 g/mol. The van der Waals surface area contributed by atoms with Crippen molar-refractivity contribution in [3.63, 3.8) is 0 Å². The van der Waals surface area contributed by atoms with E-state index in [9.17, 15) is 4.79 Å². The number of nitrogen functional groups attached to an aromatic ring is 1. The number of aromatic nitrogens is 5. The lowest BCUT2D eigenvalue weighted by atomic mass is 10.2. The van der Waals surface area contributed by atoms with Crippen LogP contribution < -0.4 is 16.1 Å². The van der Waals surface area contributed by atoms with Gasteiger partial charge in [-0.2, -0.15) is 9.78 Å². The molecule has 3 aromatic rings. The summed E-state index contributed by atoms with van der Waals surface area (Å²) in [6.07, 6.45) is 1.46. The number of ether oxygens (including phenoxy) is 1. The van der Waals surface area contributed by atoms with Crippen LogP contribution in [0.3, 0.4) is 0 Å². The van der Waals surface area contributed by atoms with Gasteiger partial charge in [0.15, 0.2) is 5.69 Å². The normalized spacial score (nSPS) is 15.0. The molecule has 0 saturated carbocycles. The van der Waals surface area contributed by atoms with Crippen LogP contribution in [0.15, 0.2) is 34.0 Å². The smallest absolute Gasteiger partial charge is 0.294 e. The Morgan fingerprint density at radius 2 is 2.13 bits per heavy atom. The van der Waals surface area contributed by atoms with Crippen LogP contribution in [0.1, 0.15) is 21.7 Å². The molecule has 2 aromatic heterocycles. The molecule has 0 radical (unpaired) electrons. The topological polar surface area (TPSA) is 151 Å². The van der Waals surface area contributed by atoms with E-state index >= 15 is 0 Å². The first kappa shape index (κ1) is 19.9. The third-order valence-corrected chi connectivity index (χ3v) is 4.91. The number of quaternary nitrogens is 1. The Morgan fingerprint density at radius 1 is 1.33 bits per heavy atom. The maximum absolute atomic E-state index is 12.8. The van der Waals surface area contributed by atoms with Crippen molar-refractivity contribution < 1.29 is 19.1 Å². The van der Waals surface area contributed by atoms with Crippen LogP contribution in [-0.2, 0) is 11.3 Å². The standard InChI is InChI=1S/C17H18ClN9O3/c18-12-4-2-1-3-11(12)9-20-22-17(28)14-13(10-26-5-7-29-8-6-26)27(25-21-14)16-15(19)23-30-24-16/h1-4,9H,5-8,10H2,(H2,19,23)(H,22,28)/p+1/b20-9-. The van der Waals surface area contributed by atoms with Gasteiger partial charge < -0.3 is 15.4 Å². The van der Waals surface area contributed by atoms with Crippen molar-refractivity contribution in [2.24, 2.45) is 5.10 Å². The van der Waals surface area contributed by atoms with E-state index in [0.29, 0.717) is 36.0 Å². The van der Waals surface area contributed by atoms with Gasteiger partial charge in [0.1, 0.15) is 25.3 Å². The highest BCUT2D eigenvalue weighted by molar-refractivity contribution is 6.33. The van der Waals surface area contributed by atoms with Gasteiger partial charge in [0, 0.05) is 10.6 Å². The third-order valence-electron chi connectivity index (χ3n) is 4.57. The summed E-state index contributed by atoms with van der Waals surface area (Å²) in [6.45, 7) is 3.29. The average molecular weight is 433 g/mol. The Bertz CT molecular complexity index is 1060. The number of nitrogens with one attached hydrogen (secondary N) is 2. The van der Waals surface area contributed by atoms with E-state index in [1.54, 1.807) is 18.2 Å². The molecule has 1 amide bonds. The molecule has 4 N–H and O–H groups in total. The first-order valence-electron chi connectivity index (χ1n) is 9.15. The Hall–Kier alpha value is -3.35. The van der Waals surface area contributed by atoms with E-state index in [1.165, 1.54) is 15.8 Å².